The number of aromatic hydroxyl groups is 1. The second kappa shape index (κ2) is 9.48. The molecule has 3 rings (SSSR count). The number of nitrogens with one attached hydrogen (secondary N) is 1. The van der Waals surface area contributed by atoms with Gasteiger partial charge in [-0.3, -0.25) is 0 Å². The topological polar surface area (TPSA) is 58.3 Å². The molecule has 0 spiro atoms. The van der Waals surface area contributed by atoms with Gasteiger partial charge < -0.3 is 16.2 Å². The molecule has 0 aliphatic rings. The van der Waals surface area contributed by atoms with E-state index in [-0.39, 0.29) is 22.9 Å². The van der Waals surface area contributed by atoms with Crippen molar-refractivity contribution in [3.05, 3.63) is 101 Å². The third-order valence-corrected chi connectivity index (χ3v) is 6.08. The van der Waals surface area contributed by atoms with Crippen molar-refractivity contribution in [2.45, 2.75) is 71.0 Å². The molecule has 4 N–H and O–H groups in total. The van der Waals surface area contributed by atoms with E-state index in [1.54, 1.807) is 0 Å². The maximum absolute atomic E-state index is 11.2. The Labute approximate surface area is 193 Å². The summed E-state index contributed by atoms with van der Waals surface area (Å²) in [5, 5.41) is 14.8. The van der Waals surface area contributed by atoms with Crippen molar-refractivity contribution < 1.29 is 5.11 Å². The predicted molar refractivity (Wildman–Crippen MR) is 135 cm³/mol. The van der Waals surface area contributed by atoms with Crippen molar-refractivity contribution in [2.75, 3.05) is 0 Å². The maximum atomic E-state index is 11.2. The molecule has 0 saturated heterocycles. The van der Waals surface area contributed by atoms with E-state index >= 15 is 0 Å². The summed E-state index contributed by atoms with van der Waals surface area (Å²) in [7, 11) is 0. The number of hydrogen-bond donors (Lipinski definition) is 3. The van der Waals surface area contributed by atoms with E-state index in [9.17, 15) is 5.11 Å². The summed E-state index contributed by atoms with van der Waals surface area (Å²) in [6.07, 6.45) is 0. The minimum absolute atomic E-state index is 0.0122. The van der Waals surface area contributed by atoms with Gasteiger partial charge in [-0.2, -0.15) is 0 Å². The highest BCUT2D eigenvalue weighted by atomic mass is 16.3. The van der Waals surface area contributed by atoms with Gasteiger partial charge in [-0.15, -0.1) is 0 Å². The zero-order valence-electron chi connectivity index (χ0n) is 20.3. The van der Waals surface area contributed by atoms with Gasteiger partial charge in [0.25, 0.3) is 0 Å². The van der Waals surface area contributed by atoms with E-state index in [4.69, 9.17) is 5.73 Å². The monoisotopic (exact) mass is 430 g/mol. The van der Waals surface area contributed by atoms with Gasteiger partial charge in [-0.05, 0) is 33.1 Å². The van der Waals surface area contributed by atoms with E-state index in [0.29, 0.717) is 12.3 Å². The molecule has 0 aromatic heterocycles. The van der Waals surface area contributed by atoms with Gasteiger partial charge in [0.1, 0.15) is 5.75 Å². The third kappa shape index (κ3) is 5.59. The Morgan fingerprint density at radius 3 is 1.81 bits per heavy atom. The molecule has 0 heterocycles. The zero-order valence-corrected chi connectivity index (χ0v) is 20.3. The Morgan fingerprint density at radius 1 is 0.781 bits per heavy atom. The SMILES string of the molecule is CC(C)(C)c1cc(CN[C@H](c2ccccc2)[C@H](N)c2ccccc2)c(O)c(C(C)(C)C)c1. The smallest absolute Gasteiger partial charge is 0.123 e. The van der Waals surface area contributed by atoms with Crippen molar-refractivity contribution in [2.24, 2.45) is 5.73 Å². The van der Waals surface area contributed by atoms with E-state index in [1.165, 1.54) is 5.56 Å². The average Bonchev–Trinajstić information content (AvgIpc) is 2.74. The van der Waals surface area contributed by atoms with Gasteiger partial charge in [0.15, 0.2) is 0 Å². The standard InChI is InChI=1S/C29H38N2O/c1-28(2,3)23-17-22(27(32)24(18-23)29(4,5)6)19-31-26(21-15-11-8-12-16-21)25(30)20-13-9-7-10-14-20/h7-18,25-26,31-32H,19,30H2,1-6H3/t25-,26-/m1/s1. The average molecular weight is 431 g/mol. The maximum Gasteiger partial charge on any atom is 0.123 e. The number of hydrogen-bond acceptors (Lipinski definition) is 3. The van der Waals surface area contributed by atoms with E-state index in [1.807, 2.05) is 36.4 Å². The molecule has 3 heteroatoms. The summed E-state index contributed by atoms with van der Waals surface area (Å²) in [6.45, 7) is 13.6. The van der Waals surface area contributed by atoms with Gasteiger partial charge in [-0.1, -0.05) is 114 Å². The Morgan fingerprint density at radius 2 is 1.31 bits per heavy atom. The Balaban J connectivity index is 1.98. The van der Waals surface area contributed by atoms with Crippen LogP contribution >= 0.6 is 0 Å². The molecule has 3 aromatic carbocycles. The molecule has 32 heavy (non-hydrogen) atoms. The van der Waals surface area contributed by atoms with Crippen molar-refractivity contribution in [1.82, 2.24) is 5.32 Å². The molecule has 0 saturated carbocycles. The van der Waals surface area contributed by atoms with Crippen LogP contribution in [-0.4, -0.2) is 5.11 Å². The zero-order chi connectivity index (χ0) is 23.5. The van der Waals surface area contributed by atoms with Crippen molar-refractivity contribution in [3.8, 4) is 5.75 Å². The molecule has 0 unspecified atom stereocenters. The lowest BCUT2D eigenvalue weighted by Crippen LogP contribution is -2.32. The number of rotatable bonds is 6. The highest BCUT2D eigenvalue weighted by Gasteiger charge is 2.26. The third-order valence-electron chi connectivity index (χ3n) is 6.08. The van der Waals surface area contributed by atoms with Crippen LogP contribution in [0.2, 0.25) is 0 Å². The van der Waals surface area contributed by atoms with E-state index in [2.05, 4.69) is 83.3 Å². The van der Waals surface area contributed by atoms with Gasteiger partial charge in [-0.25, -0.2) is 0 Å². The van der Waals surface area contributed by atoms with Crippen LogP contribution in [0.5, 0.6) is 5.75 Å². The molecule has 0 aliphatic heterocycles. The molecule has 0 radical (unpaired) electrons. The summed E-state index contributed by atoms with van der Waals surface area (Å²) < 4.78 is 0. The fourth-order valence-corrected chi connectivity index (χ4v) is 4.03. The van der Waals surface area contributed by atoms with Crippen LogP contribution in [0, 0.1) is 0 Å². The normalized spacial score (nSPS) is 14.2. The lowest BCUT2D eigenvalue weighted by molar-refractivity contribution is 0.418. The molecule has 0 aliphatic carbocycles. The molecule has 2 atom stereocenters. The molecular weight excluding hydrogens is 392 g/mol. The summed E-state index contributed by atoms with van der Waals surface area (Å²) >= 11 is 0. The van der Waals surface area contributed by atoms with Gasteiger partial charge in [0.2, 0.25) is 0 Å². The first-order valence-electron chi connectivity index (χ1n) is 11.4. The first kappa shape index (κ1) is 24.0. The molecule has 3 aromatic rings. The Kier molecular flexibility index (Phi) is 7.12. The summed E-state index contributed by atoms with van der Waals surface area (Å²) in [5.74, 6) is 0.373. The van der Waals surface area contributed by atoms with Crippen LogP contribution in [-0.2, 0) is 17.4 Å². The number of phenolic OH excluding ortho intramolecular Hbond substituents is 1. The van der Waals surface area contributed by atoms with E-state index < -0.39 is 0 Å². The highest BCUT2D eigenvalue weighted by molar-refractivity contribution is 5.48. The summed E-state index contributed by atoms with van der Waals surface area (Å²) in [6, 6.07) is 24.5. The molecule has 170 valence electrons. The van der Waals surface area contributed by atoms with Crippen molar-refractivity contribution in [1.29, 1.82) is 0 Å². The molecule has 3 nitrogen and oxygen atoms in total. The number of benzene rings is 3. The Hall–Kier alpha value is -2.62. The molecule has 0 bridgehead atoms. The van der Waals surface area contributed by atoms with Crippen LogP contribution in [0.25, 0.3) is 0 Å². The molecule has 0 amide bonds. The summed E-state index contributed by atoms with van der Waals surface area (Å²) in [4.78, 5) is 0. The first-order valence-corrected chi connectivity index (χ1v) is 11.4. The van der Waals surface area contributed by atoms with E-state index in [0.717, 1.165) is 22.3 Å². The lowest BCUT2D eigenvalue weighted by atomic mass is 9.79. The van der Waals surface area contributed by atoms with Crippen molar-refractivity contribution >= 4 is 0 Å². The fourth-order valence-electron chi connectivity index (χ4n) is 4.03. The lowest BCUT2D eigenvalue weighted by Gasteiger charge is -2.29. The molecular formula is C29H38N2O. The van der Waals surface area contributed by atoms with Crippen LogP contribution in [0.3, 0.4) is 0 Å². The van der Waals surface area contributed by atoms with Crippen LogP contribution in [0.15, 0.2) is 72.8 Å². The largest absolute Gasteiger partial charge is 0.507 e. The first-order chi connectivity index (χ1) is 15.0. The minimum Gasteiger partial charge on any atom is -0.507 e. The van der Waals surface area contributed by atoms with Crippen molar-refractivity contribution in [3.63, 3.8) is 0 Å². The molecule has 0 fully saturated rings. The van der Waals surface area contributed by atoms with Gasteiger partial charge >= 0.3 is 0 Å². The second-order valence-corrected chi connectivity index (χ2v) is 10.7. The number of phenols is 1. The fraction of sp³-hybridized carbons (Fsp3) is 0.379. The minimum atomic E-state index is -0.214. The van der Waals surface area contributed by atoms with Gasteiger partial charge in [0, 0.05) is 18.2 Å². The van der Waals surface area contributed by atoms with Crippen LogP contribution in [0.4, 0.5) is 0 Å². The van der Waals surface area contributed by atoms with Crippen LogP contribution in [0.1, 0.15) is 81.4 Å². The summed E-state index contributed by atoms with van der Waals surface area (Å²) in [5.41, 5.74) is 11.9. The Bertz CT molecular complexity index is 1010. The predicted octanol–water partition coefficient (Wildman–Crippen LogP) is 6.52. The highest BCUT2D eigenvalue weighted by Crippen LogP contribution is 2.38. The number of nitrogens with two attached hydrogens (primary N) is 1. The quantitative estimate of drug-likeness (QED) is 0.417. The second-order valence-electron chi connectivity index (χ2n) is 10.7. The van der Waals surface area contributed by atoms with Crippen LogP contribution < -0.4 is 11.1 Å². The van der Waals surface area contributed by atoms with Gasteiger partial charge in [0.05, 0.1) is 6.04 Å².